The van der Waals surface area contributed by atoms with Gasteiger partial charge in [-0.05, 0) is 51.0 Å². The molecule has 0 saturated heterocycles. The summed E-state index contributed by atoms with van der Waals surface area (Å²) >= 11 is 0. The normalized spacial score (nSPS) is 18.6. The lowest BCUT2D eigenvalue weighted by atomic mass is 9.37. The first-order chi connectivity index (χ1) is 12.9. The predicted molar refractivity (Wildman–Crippen MR) is 114 cm³/mol. The van der Waals surface area contributed by atoms with Crippen LogP contribution in [-0.2, 0) is 6.54 Å². The number of benzene rings is 2. The molecule has 3 aromatic rings. The summed E-state index contributed by atoms with van der Waals surface area (Å²) in [4.78, 5) is 0. The molecular formula is C23H29BN2O. The standard InChI is InChI=1S/C23H29BN2O/c1-15-11-17(3)22(18(4)12-15)26-10-9-25-14-19(5)24(23(25)26)21-8-7-20(27-6)13-16(21)2/h7-13,19,24H,14H2,1-6H3/t19-,24-/m1/s1. The Hall–Kier alpha value is -2.49. The van der Waals surface area contributed by atoms with E-state index in [4.69, 9.17) is 4.74 Å². The van der Waals surface area contributed by atoms with Crippen molar-refractivity contribution in [1.82, 2.24) is 4.57 Å². The molecule has 0 fully saturated rings. The lowest BCUT2D eigenvalue weighted by Crippen LogP contribution is -2.55. The van der Waals surface area contributed by atoms with Gasteiger partial charge in [-0.15, -0.1) is 5.82 Å². The number of rotatable bonds is 3. The van der Waals surface area contributed by atoms with Crippen LogP contribution in [0.2, 0.25) is 5.82 Å². The van der Waals surface area contributed by atoms with Gasteiger partial charge in [0.1, 0.15) is 30.5 Å². The van der Waals surface area contributed by atoms with Gasteiger partial charge in [-0.2, -0.15) is 5.46 Å². The summed E-state index contributed by atoms with van der Waals surface area (Å²) in [6.07, 6.45) is 4.52. The number of aromatic nitrogens is 2. The second kappa shape index (κ2) is 6.59. The fourth-order valence-electron chi connectivity index (χ4n) is 5.33. The van der Waals surface area contributed by atoms with E-state index >= 15 is 0 Å². The number of aryl methyl sites for hydroxylation is 4. The zero-order valence-corrected chi connectivity index (χ0v) is 17.3. The van der Waals surface area contributed by atoms with Gasteiger partial charge in [0, 0.05) is 0 Å². The molecule has 0 radical (unpaired) electrons. The second-order valence-corrected chi connectivity index (χ2v) is 8.47. The highest BCUT2D eigenvalue weighted by Gasteiger charge is 2.35. The van der Waals surface area contributed by atoms with E-state index in [9.17, 15) is 0 Å². The molecule has 140 valence electrons. The Bertz CT molecular complexity index is 998. The van der Waals surface area contributed by atoms with Crippen molar-refractivity contribution in [3.8, 4) is 11.4 Å². The molecular weight excluding hydrogens is 331 g/mol. The van der Waals surface area contributed by atoms with Gasteiger partial charge in [0.25, 0.3) is 0 Å². The van der Waals surface area contributed by atoms with E-state index in [0.29, 0.717) is 5.82 Å². The van der Waals surface area contributed by atoms with Crippen molar-refractivity contribution in [2.75, 3.05) is 7.11 Å². The molecule has 4 rings (SSSR count). The topological polar surface area (TPSA) is 18.0 Å². The molecule has 1 aliphatic heterocycles. The third-order valence-corrected chi connectivity index (χ3v) is 6.39. The largest absolute Gasteiger partial charge is 0.497 e. The maximum atomic E-state index is 5.43. The molecule has 0 unspecified atom stereocenters. The highest BCUT2D eigenvalue weighted by Crippen LogP contribution is 2.24. The number of fused-ring (bicyclic) bond motifs is 1. The average Bonchev–Trinajstić information content (AvgIpc) is 3.13. The Labute approximate surface area is 162 Å². The quantitative estimate of drug-likeness (QED) is 0.519. The monoisotopic (exact) mass is 360 g/mol. The number of nitrogens with zero attached hydrogens (tertiary/aromatic N) is 2. The van der Waals surface area contributed by atoms with Crippen LogP contribution in [0.4, 0.5) is 0 Å². The third-order valence-electron chi connectivity index (χ3n) is 6.39. The maximum absolute atomic E-state index is 5.43. The molecule has 3 nitrogen and oxygen atoms in total. The number of hydrogen-bond acceptors (Lipinski definition) is 1. The van der Waals surface area contributed by atoms with E-state index in [1.165, 1.54) is 39.1 Å². The van der Waals surface area contributed by atoms with Crippen molar-refractivity contribution in [2.24, 2.45) is 0 Å². The average molecular weight is 360 g/mol. The Morgan fingerprint density at radius 2 is 1.74 bits per heavy atom. The van der Waals surface area contributed by atoms with Crippen LogP contribution < -0.4 is 20.5 Å². The number of imidazole rings is 1. The molecule has 2 heterocycles. The molecule has 0 saturated carbocycles. The van der Waals surface area contributed by atoms with Crippen molar-refractivity contribution in [3.05, 3.63) is 65.0 Å². The lowest BCUT2D eigenvalue weighted by Gasteiger charge is -2.23. The summed E-state index contributed by atoms with van der Waals surface area (Å²) < 4.78 is 10.3. The van der Waals surface area contributed by atoms with Gasteiger partial charge in [-0.25, -0.2) is 4.57 Å². The summed E-state index contributed by atoms with van der Waals surface area (Å²) in [6.45, 7) is 11.7. The molecule has 0 bridgehead atoms. The zero-order chi connectivity index (χ0) is 19.3. The number of ether oxygens (including phenoxy) is 1. The van der Waals surface area contributed by atoms with Crippen LogP contribution in [-0.4, -0.2) is 18.4 Å². The summed E-state index contributed by atoms with van der Waals surface area (Å²) in [7, 11) is 1.74. The Morgan fingerprint density at radius 1 is 1.04 bits per heavy atom. The number of methoxy groups -OCH3 is 1. The molecule has 1 aromatic heterocycles. The van der Waals surface area contributed by atoms with Crippen molar-refractivity contribution < 1.29 is 9.30 Å². The highest BCUT2D eigenvalue weighted by molar-refractivity contribution is 6.85. The SMILES string of the molecule is COc1ccc([B@@H-]2c3n(-c4c(C)cc(C)cc4C)cc[n+]3C[C@H]2C)c(C)c1. The van der Waals surface area contributed by atoms with Crippen LogP contribution in [0.3, 0.4) is 0 Å². The van der Waals surface area contributed by atoms with Gasteiger partial charge in [0.2, 0.25) is 0 Å². The van der Waals surface area contributed by atoms with Crippen LogP contribution in [0.1, 0.15) is 29.2 Å². The van der Waals surface area contributed by atoms with E-state index in [1.807, 2.05) is 0 Å². The zero-order valence-electron chi connectivity index (χ0n) is 17.3. The van der Waals surface area contributed by atoms with Crippen LogP contribution >= 0.6 is 0 Å². The first kappa shape index (κ1) is 17.9. The minimum absolute atomic E-state index is 0.644. The molecule has 0 aliphatic carbocycles. The van der Waals surface area contributed by atoms with Gasteiger partial charge in [-0.3, -0.25) is 4.57 Å². The molecule has 2 aromatic carbocycles. The fraction of sp³-hybridized carbons (Fsp3) is 0.348. The second-order valence-electron chi connectivity index (χ2n) is 8.47. The van der Waals surface area contributed by atoms with Gasteiger partial charge < -0.3 is 4.74 Å². The van der Waals surface area contributed by atoms with E-state index in [-0.39, 0.29) is 0 Å². The van der Waals surface area contributed by atoms with E-state index in [0.717, 1.165) is 12.3 Å². The van der Waals surface area contributed by atoms with Crippen LogP contribution in [0.25, 0.3) is 5.69 Å². The van der Waals surface area contributed by atoms with Crippen molar-refractivity contribution in [2.45, 2.75) is 47.0 Å². The van der Waals surface area contributed by atoms with Gasteiger partial charge in [-0.1, -0.05) is 36.2 Å². The summed E-state index contributed by atoms with van der Waals surface area (Å²) in [6, 6.07) is 11.2. The van der Waals surface area contributed by atoms with Crippen LogP contribution in [0.15, 0.2) is 42.7 Å². The smallest absolute Gasteiger partial charge is 0.142 e. The minimum Gasteiger partial charge on any atom is -0.497 e. The molecule has 0 amide bonds. The van der Waals surface area contributed by atoms with E-state index in [2.05, 4.69) is 86.5 Å². The summed E-state index contributed by atoms with van der Waals surface area (Å²) in [5, 5.41) is 0. The van der Waals surface area contributed by atoms with Gasteiger partial charge in [0.05, 0.1) is 19.4 Å². The molecule has 0 spiro atoms. The van der Waals surface area contributed by atoms with Gasteiger partial charge in [0.15, 0.2) is 0 Å². The molecule has 0 N–H and O–H groups in total. The van der Waals surface area contributed by atoms with Crippen LogP contribution in [0.5, 0.6) is 5.75 Å². The van der Waals surface area contributed by atoms with E-state index < -0.39 is 6.71 Å². The predicted octanol–water partition coefficient (Wildman–Crippen LogP) is 2.75. The lowest BCUT2D eigenvalue weighted by molar-refractivity contribution is -0.672. The van der Waals surface area contributed by atoms with Crippen molar-refractivity contribution >= 4 is 17.9 Å². The molecule has 2 atom stereocenters. The Kier molecular flexibility index (Phi) is 4.37. The summed E-state index contributed by atoms with van der Waals surface area (Å²) in [5.41, 5.74) is 9.63. The Morgan fingerprint density at radius 3 is 2.37 bits per heavy atom. The molecule has 1 aliphatic rings. The third kappa shape index (κ3) is 2.88. The van der Waals surface area contributed by atoms with Crippen LogP contribution in [0, 0.1) is 27.7 Å². The highest BCUT2D eigenvalue weighted by atomic mass is 16.5. The number of hydrogen-bond donors (Lipinski definition) is 0. The Balaban J connectivity index is 1.89. The van der Waals surface area contributed by atoms with Crippen molar-refractivity contribution in [1.29, 1.82) is 0 Å². The van der Waals surface area contributed by atoms with E-state index in [1.54, 1.807) is 7.11 Å². The minimum atomic E-state index is -0.655. The molecule has 27 heavy (non-hydrogen) atoms. The van der Waals surface area contributed by atoms with Gasteiger partial charge >= 0.3 is 0 Å². The molecule has 4 heteroatoms. The van der Waals surface area contributed by atoms with Crippen molar-refractivity contribution in [3.63, 3.8) is 0 Å². The summed E-state index contributed by atoms with van der Waals surface area (Å²) in [5.74, 6) is 1.58. The first-order valence-electron chi connectivity index (χ1n) is 9.94. The first-order valence-corrected chi connectivity index (χ1v) is 9.94. The fourth-order valence-corrected chi connectivity index (χ4v) is 5.33. The maximum Gasteiger partial charge on any atom is 0.142 e.